The highest BCUT2D eigenvalue weighted by Crippen LogP contribution is 2.12. The van der Waals surface area contributed by atoms with Crippen LogP contribution in [0.1, 0.15) is 26.0 Å². The van der Waals surface area contributed by atoms with Crippen LogP contribution in [0.5, 0.6) is 0 Å². The van der Waals surface area contributed by atoms with E-state index in [-0.39, 0.29) is 0 Å². The third kappa shape index (κ3) is 2.44. The van der Waals surface area contributed by atoms with E-state index in [4.69, 9.17) is 0 Å². The van der Waals surface area contributed by atoms with E-state index in [9.17, 15) is 0 Å². The molecule has 0 saturated carbocycles. The molecule has 0 aliphatic carbocycles. The Hall–Kier alpha value is -0.870. The van der Waals surface area contributed by atoms with Gasteiger partial charge < -0.3 is 5.32 Å². The fourth-order valence-corrected chi connectivity index (χ4v) is 2.44. The molecule has 16 heavy (non-hydrogen) atoms. The topological polar surface area (TPSA) is 33.1 Å². The molecule has 2 heterocycles. The molecule has 1 aliphatic rings. The van der Waals surface area contributed by atoms with Crippen LogP contribution < -0.4 is 5.32 Å². The Bertz CT molecular complexity index is 315. The van der Waals surface area contributed by atoms with Gasteiger partial charge in [0.25, 0.3) is 0 Å². The van der Waals surface area contributed by atoms with Gasteiger partial charge in [0.05, 0.1) is 5.69 Å². The molecule has 1 unspecified atom stereocenters. The van der Waals surface area contributed by atoms with Gasteiger partial charge in [-0.1, -0.05) is 6.92 Å². The Morgan fingerprint density at radius 2 is 2.44 bits per heavy atom. The molecule has 0 amide bonds. The molecule has 0 aromatic carbocycles. The summed E-state index contributed by atoms with van der Waals surface area (Å²) in [4.78, 5) is 2.54. The van der Waals surface area contributed by atoms with Crippen molar-refractivity contribution >= 4 is 0 Å². The van der Waals surface area contributed by atoms with Gasteiger partial charge in [-0.15, -0.1) is 0 Å². The van der Waals surface area contributed by atoms with Crippen LogP contribution in [0.25, 0.3) is 0 Å². The summed E-state index contributed by atoms with van der Waals surface area (Å²) < 4.78 is 2.09. The first kappa shape index (κ1) is 11.6. The fourth-order valence-electron chi connectivity index (χ4n) is 2.44. The minimum atomic E-state index is 0.699. The van der Waals surface area contributed by atoms with Crippen LogP contribution in [0.4, 0.5) is 0 Å². The zero-order valence-electron chi connectivity index (χ0n) is 10.3. The second kappa shape index (κ2) is 5.46. The zero-order valence-corrected chi connectivity index (χ0v) is 10.3. The second-order valence-electron chi connectivity index (χ2n) is 4.35. The lowest BCUT2D eigenvalue weighted by Crippen LogP contribution is -2.36. The van der Waals surface area contributed by atoms with Gasteiger partial charge in [0, 0.05) is 31.9 Å². The average molecular weight is 222 g/mol. The highest BCUT2D eigenvalue weighted by Gasteiger charge is 2.21. The van der Waals surface area contributed by atoms with E-state index in [1.807, 2.05) is 6.20 Å². The largest absolute Gasteiger partial charge is 0.315 e. The van der Waals surface area contributed by atoms with Crippen molar-refractivity contribution in [2.75, 3.05) is 19.6 Å². The van der Waals surface area contributed by atoms with Crippen LogP contribution in [-0.4, -0.2) is 40.4 Å². The molecule has 4 nitrogen and oxygen atoms in total. The Morgan fingerprint density at radius 3 is 3.06 bits per heavy atom. The van der Waals surface area contributed by atoms with Crippen LogP contribution in [0, 0.1) is 0 Å². The van der Waals surface area contributed by atoms with Crippen molar-refractivity contribution in [1.29, 1.82) is 0 Å². The molecule has 1 N–H and O–H groups in total. The maximum atomic E-state index is 4.32. The van der Waals surface area contributed by atoms with Crippen LogP contribution in [-0.2, 0) is 13.1 Å². The van der Waals surface area contributed by atoms with E-state index < -0.39 is 0 Å². The van der Waals surface area contributed by atoms with Gasteiger partial charge in [0.1, 0.15) is 0 Å². The van der Waals surface area contributed by atoms with Gasteiger partial charge >= 0.3 is 0 Å². The summed E-state index contributed by atoms with van der Waals surface area (Å²) in [6.07, 6.45) is 3.17. The third-order valence-electron chi connectivity index (χ3n) is 3.43. The number of aromatic nitrogens is 2. The van der Waals surface area contributed by atoms with E-state index in [0.717, 1.165) is 32.7 Å². The van der Waals surface area contributed by atoms with E-state index in [2.05, 4.69) is 39.9 Å². The highest BCUT2D eigenvalue weighted by molar-refractivity contribution is 5.01. The Morgan fingerprint density at radius 1 is 1.56 bits per heavy atom. The molecule has 1 atom stereocenters. The minimum Gasteiger partial charge on any atom is -0.315 e. The number of rotatable bonds is 5. The van der Waals surface area contributed by atoms with Crippen molar-refractivity contribution in [3.63, 3.8) is 0 Å². The standard InChI is InChI=1S/C12H22N4/c1-3-15(11-5-7-13-9-11)10-12-6-8-14-16(12)4-2/h6,8,11,13H,3-5,7,9-10H2,1-2H3. The van der Waals surface area contributed by atoms with Gasteiger partial charge in [-0.05, 0) is 32.5 Å². The van der Waals surface area contributed by atoms with Gasteiger partial charge in [-0.25, -0.2) is 0 Å². The molecule has 1 saturated heterocycles. The van der Waals surface area contributed by atoms with Gasteiger partial charge in [-0.3, -0.25) is 9.58 Å². The van der Waals surface area contributed by atoms with Crippen molar-refractivity contribution in [2.24, 2.45) is 0 Å². The number of nitrogens with one attached hydrogen (secondary N) is 1. The quantitative estimate of drug-likeness (QED) is 0.809. The summed E-state index contributed by atoms with van der Waals surface area (Å²) in [5, 5.41) is 7.75. The SMILES string of the molecule is CCN(Cc1ccnn1CC)C1CCNC1. The van der Waals surface area contributed by atoms with Crippen molar-refractivity contribution < 1.29 is 0 Å². The van der Waals surface area contributed by atoms with E-state index in [1.165, 1.54) is 12.1 Å². The lowest BCUT2D eigenvalue weighted by atomic mass is 10.2. The first-order valence-electron chi connectivity index (χ1n) is 6.30. The molecular formula is C12H22N4. The normalized spacial score (nSPS) is 20.8. The second-order valence-corrected chi connectivity index (χ2v) is 4.35. The first-order chi connectivity index (χ1) is 7.85. The lowest BCUT2D eigenvalue weighted by Gasteiger charge is -2.26. The predicted octanol–water partition coefficient (Wildman–Crippen LogP) is 1.09. The molecule has 1 aromatic rings. The van der Waals surface area contributed by atoms with Crippen LogP contribution in [0.2, 0.25) is 0 Å². The zero-order chi connectivity index (χ0) is 11.4. The Kier molecular flexibility index (Phi) is 3.96. The summed E-state index contributed by atoms with van der Waals surface area (Å²) in [6, 6.07) is 2.83. The highest BCUT2D eigenvalue weighted by atomic mass is 15.3. The Labute approximate surface area is 97.6 Å². The Balaban J connectivity index is 2.00. The van der Waals surface area contributed by atoms with E-state index >= 15 is 0 Å². The van der Waals surface area contributed by atoms with Crippen LogP contribution in [0.3, 0.4) is 0 Å². The summed E-state index contributed by atoms with van der Waals surface area (Å²) in [6.45, 7) is 9.78. The summed E-state index contributed by atoms with van der Waals surface area (Å²) in [5.74, 6) is 0. The lowest BCUT2D eigenvalue weighted by molar-refractivity contribution is 0.204. The molecule has 0 bridgehead atoms. The summed E-state index contributed by atoms with van der Waals surface area (Å²) in [7, 11) is 0. The molecule has 90 valence electrons. The average Bonchev–Trinajstić information content (AvgIpc) is 2.96. The molecule has 1 aliphatic heterocycles. The maximum absolute atomic E-state index is 4.32. The smallest absolute Gasteiger partial charge is 0.0524 e. The maximum Gasteiger partial charge on any atom is 0.0524 e. The number of nitrogens with zero attached hydrogens (tertiary/aromatic N) is 3. The van der Waals surface area contributed by atoms with Gasteiger partial charge in [0.15, 0.2) is 0 Å². The molecule has 1 aromatic heterocycles. The third-order valence-corrected chi connectivity index (χ3v) is 3.43. The molecule has 2 rings (SSSR count). The fraction of sp³-hybridized carbons (Fsp3) is 0.750. The van der Waals surface area contributed by atoms with Crippen LogP contribution >= 0.6 is 0 Å². The monoisotopic (exact) mass is 222 g/mol. The number of aryl methyl sites for hydroxylation is 1. The van der Waals surface area contributed by atoms with E-state index in [1.54, 1.807) is 0 Å². The number of likely N-dealkylation sites (N-methyl/N-ethyl adjacent to an activating group) is 1. The molecular weight excluding hydrogens is 200 g/mol. The van der Waals surface area contributed by atoms with Crippen molar-refractivity contribution in [3.05, 3.63) is 18.0 Å². The predicted molar refractivity (Wildman–Crippen MR) is 65.3 cm³/mol. The minimum absolute atomic E-state index is 0.699. The van der Waals surface area contributed by atoms with E-state index in [0.29, 0.717) is 6.04 Å². The molecule has 0 spiro atoms. The molecule has 0 radical (unpaired) electrons. The van der Waals surface area contributed by atoms with Crippen molar-refractivity contribution in [2.45, 2.75) is 39.4 Å². The summed E-state index contributed by atoms with van der Waals surface area (Å²) in [5.41, 5.74) is 1.33. The molecule has 1 fully saturated rings. The first-order valence-corrected chi connectivity index (χ1v) is 6.30. The van der Waals surface area contributed by atoms with Gasteiger partial charge in [0.2, 0.25) is 0 Å². The molecule has 4 heteroatoms. The van der Waals surface area contributed by atoms with Gasteiger partial charge in [-0.2, -0.15) is 5.10 Å². The van der Waals surface area contributed by atoms with Crippen LogP contribution in [0.15, 0.2) is 12.3 Å². The summed E-state index contributed by atoms with van der Waals surface area (Å²) >= 11 is 0. The number of hydrogen-bond acceptors (Lipinski definition) is 3. The van der Waals surface area contributed by atoms with Crippen molar-refractivity contribution in [3.8, 4) is 0 Å². The number of hydrogen-bond donors (Lipinski definition) is 1. The van der Waals surface area contributed by atoms with Crippen molar-refractivity contribution in [1.82, 2.24) is 20.0 Å².